The Kier molecular flexibility index (Phi) is 7.58. The summed E-state index contributed by atoms with van der Waals surface area (Å²) in [5.41, 5.74) is -0.943. The topological polar surface area (TPSA) is 87.0 Å². The van der Waals surface area contributed by atoms with E-state index in [1.807, 2.05) is 0 Å². The van der Waals surface area contributed by atoms with E-state index in [0.29, 0.717) is 10.7 Å². The molecule has 1 heterocycles. The molecule has 0 saturated heterocycles. The Morgan fingerprint density at radius 3 is 2.38 bits per heavy atom. The number of carbonyl (C=O) groups excluding carboxylic acids is 1. The maximum atomic E-state index is 13.9. The second-order valence-electron chi connectivity index (χ2n) is 7.57. The molecule has 0 atom stereocenters. The van der Waals surface area contributed by atoms with Crippen LogP contribution in [0, 0.1) is 0 Å². The van der Waals surface area contributed by atoms with Crippen LogP contribution in [0.15, 0.2) is 75.9 Å². The molecule has 3 aromatic carbocycles. The highest BCUT2D eigenvalue weighted by atomic mass is 35.5. The number of ether oxygens (including phenoxy) is 3. The molecule has 1 aromatic heterocycles. The summed E-state index contributed by atoms with van der Waals surface area (Å²) in [7, 11) is 0. The zero-order chi connectivity index (χ0) is 26.6. The fraction of sp³-hybridized carbons (Fsp3) is 0.154. The molecule has 0 bridgehead atoms. The summed E-state index contributed by atoms with van der Waals surface area (Å²) in [6, 6.07) is 16.1. The van der Waals surface area contributed by atoms with E-state index in [-0.39, 0.29) is 29.2 Å². The average molecular weight is 534 g/mol. The zero-order valence-electron chi connectivity index (χ0n) is 19.2. The second kappa shape index (κ2) is 10.8. The van der Waals surface area contributed by atoms with Gasteiger partial charge in [-0.05, 0) is 55.5 Å². The van der Waals surface area contributed by atoms with Gasteiger partial charge >= 0.3 is 6.18 Å². The fourth-order valence-corrected chi connectivity index (χ4v) is 3.45. The molecule has 0 saturated carbocycles. The lowest BCUT2D eigenvalue weighted by Crippen LogP contribution is -2.20. The number of hydrogen-bond acceptors (Lipinski definition) is 6. The van der Waals surface area contributed by atoms with Crippen LogP contribution in [0.1, 0.15) is 12.7 Å². The van der Waals surface area contributed by atoms with Gasteiger partial charge in [0.25, 0.3) is 11.7 Å². The van der Waals surface area contributed by atoms with Crippen LogP contribution in [0.4, 0.5) is 18.9 Å². The summed E-state index contributed by atoms with van der Waals surface area (Å²) in [6.45, 7) is 1.49. The van der Waals surface area contributed by atoms with E-state index in [0.717, 1.165) is 6.07 Å². The Bertz CT molecular complexity index is 1480. The molecular formula is C26H19ClF3NO6. The maximum Gasteiger partial charge on any atom is 0.453 e. The molecule has 37 heavy (non-hydrogen) atoms. The Morgan fingerprint density at radius 1 is 1.00 bits per heavy atom. The van der Waals surface area contributed by atoms with E-state index in [1.54, 1.807) is 37.3 Å². The number of rotatable bonds is 8. The summed E-state index contributed by atoms with van der Waals surface area (Å²) >= 11 is 5.80. The number of fused-ring (bicyclic) bond motifs is 1. The highest BCUT2D eigenvalue weighted by molar-refractivity contribution is 6.30. The minimum Gasteiger partial charge on any atom is -0.490 e. The molecule has 11 heteroatoms. The van der Waals surface area contributed by atoms with Crippen molar-refractivity contribution in [3.05, 3.63) is 87.7 Å². The fourth-order valence-electron chi connectivity index (χ4n) is 3.32. The van der Waals surface area contributed by atoms with Crippen molar-refractivity contribution in [2.45, 2.75) is 13.1 Å². The predicted octanol–water partition coefficient (Wildman–Crippen LogP) is 6.67. The Balaban J connectivity index is 1.62. The van der Waals surface area contributed by atoms with Crippen LogP contribution in [-0.2, 0) is 11.0 Å². The number of halogens is 4. The largest absolute Gasteiger partial charge is 0.490 e. The number of para-hydroxylation sites is 2. The lowest BCUT2D eigenvalue weighted by molar-refractivity contribution is -0.154. The van der Waals surface area contributed by atoms with Crippen molar-refractivity contribution in [2.24, 2.45) is 0 Å². The highest BCUT2D eigenvalue weighted by Gasteiger charge is 2.40. The summed E-state index contributed by atoms with van der Waals surface area (Å²) < 4.78 is 62.8. The van der Waals surface area contributed by atoms with E-state index in [9.17, 15) is 22.8 Å². The van der Waals surface area contributed by atoms with Gasteiger partial charge in [-0.25, -0.2) is 0 Å². The van der Waals surface area contributed by atoms with Crippen molar-refractivity contribution in [1.29, 1.82) is 0 Å². The van der Waals surface area contributed by atoms with E-state index >= 15 is 0 Å². The van der Waals surface area contributed by atoms with Gasteiger partial charge in [0.15, 0.2) is 18.1 Å². The second-order valence-corrected chi connectivity index (χ2v) is 8.01. The molecule has 1 N–H and O–H groups in total. The molecule has 0 aliphatic rings. The first-order chi connectivity index (χ1) is 17.7. The Hall–Kier alpha value is -4.18. The quantitative estimate of drug-likeness (QED) is 0.272. The molecule has 0 aliphatic carbocycles. The van der Waals surface area contributed by atoms with E-state index in [1.165, 1.54) is 30.3 Å². The first-order valence-corrected chi connectivity index (χ1v) is 11.3. The third kappa shape index (κ3) is 6.15. The Labute approximate surface area is 213 Å². The highest BCUT2D eigenvalue weighted by Crippen LogP contribution is 2.40. The standard InChI is InChI=1S/C26H19ClF3NO6/c1-2-34-19-5-3-4-6-20(19)36-24-23(33)18-12-11-17(13-21(18)37-25(24)26(28,29)30)35-14-22(32)31-16-9-7-15(27)8-10-16/h3-13H,2,14H2,1H3,(H,31,32). The van der Waals surface area contributed by atoms with Gasteiger partial charge in [-0.15, -0.1) is 0 Å². The van der Waals surface area contributed by atoms with E-state index in [4.69, 9.17) is 30.2 Å². The zero-order valence-corrected chi connectivity index (χ0v) is 20.0. The number of nitrogens with one attached hydrogen (secondary N) is 1. The van der Waals surface area contributed by atoms with Crippen LogP contribution < -0.4 is 25.0 Å². The molecule has 4 rings (SSSR count). The SMILES string of the molecule is CCOc1ccccc1Oc1c(C(F)(F)F)oc2cc(OCC(=O)Nc3ccc(Cl)cc3)ccc2c1=O. The predicted molar refractivity (Wildman–Crippen MR) is 131 cm³/mol. The van der Waals surface area contributed by atoms with Crippen LogP contribution in [0.5, 0.6) is 23.0 Å². The molecule has 0 unspecified atom stereocenters. The van der Waals surface area contributed by atoms with Gasteiger partial charge in [-0.3, -0.25) is 9.59 Å². The van der Waals surface area contributed by atoms with Crippen molar-refractivity contribution < 1.29 is 36.6 Å². The number of anilines is 1. The molecule has 192 valence electrons. The summed E-state index contributed by atoms with van der Waals surface area (Å²) in [4.78, 5) is 25.2. The van der Waals surface area contributed by atoms with Crippen LogP contribution in [0.3, 0.4) is 0 Å². The smallest absolute Gasteiger partial charge is 0.453 e. The van der Waals surface area contributed by atoms with Crippen LogP contribution in [0.25, 0.3) is 11.0 Å². The summed E-state index contributed by atoms with van der Waals surface area (Å²) in [6.07, 6.45) is -5.04. The minimum absolute atomic E-state index is 0.0189. The third-order valence-electron chi connectivity index (χ3n) is 4.94. The molecule has 0 spiro atoms. The lowest BCUT2D eigenvalue weighted by atomic mass is 10.2. The average Bonchev–Trinajstić information content (AvgIpc) is 2.86. The van der Waals surface area contributed by atoms with Crippen LogP contribution in [0.2, 0.25) is 5.02 Å². The minimum atomic E-state index is -5.04. The van der Waals surface area contributed by atoms with Crippen molar-refractivity contribution in [2.75, 3.05) is 18.5 Å². The molecule has 4 aromatic rings. The normalized spacial score (nSPS) is 11.3. The number of alkyl halides is 3. The molecule has 0 fully saturated rings. The third-order valence-corrected chi connectivity index (χ3v) is 5.19. The van der Waals surface area contributed by atoms with Gasteiger partial charge < -0.3 is 23.9 Å². The van der Waals surface area contributed by atoms with Gasteiger partial charge in [0.1, 0.15) is 11.3 Å². The molecule has 7 nitrogen and oxygen atoms in total. The van der Waals surface area contributed by atoms with E-state index < -0.39 is 41.2 Å². The van der Waals surface area contributed by atoms with Crippen molar-refractivity contribution >= 4 is 34.2 Å². The Morgan fingerprint density at radius 2 is 1.70 bits per heavy atom. The van der Waals surface area contributed by atoms with Gasteiger partial charge in [0.2, 0.25) is 11.2 Å². The van der Waals surface area contributed by atoms with Crippen LogP contribution >= 0.6 is 11.6 Å². The van der Waals surface area contributed by atoms with Gasteiger partial charge in [0.05, 0.1) is 12.0 Å². The summed E-state index contributed by atoms with van der Waals surface area (Å²) in [5.74, 6) is -3.05. The van der Waals surface area contributed by atoms with Crippen molar-refractivity contribution in [1.82, 2.24) is 0 Å². The van der Waals surface area contributed by atoms with Gasteiger partial charge in [0, 0.05) is 16.8 Å². The monoisotopic (exact) mass is 533 g/mol. The molecule has 0 radical (unpaired) electrons. The van der Waals surface area contributed by atoms with Gasteiger partial charge in [-0.2, -0.15) is 13.2 Å². The van der Waals surface area contributed by atoms with Crippen LogP contribution in [-0.4, -0.2) is 19.1 Å². The summed E-state index contributed by atoms with van der Waals surface area (Å²) in [5, 5.41) is 2.91. The van der Waals surface area contributed by atoms with Gasteiger partial charge in [-0.1, -0.05) is 23.7 Å². The van der Waals surface area contributed by atoms with Crippen molar-refractivity contribution in [3.8, 4) is 23.0 Å². The molecule has 1 amide bonds. The number of hydrogen-bond donors (Lipinski definition) is 1. The molecular weight excluding hydrogens is 515 g/mol. The molecule has 0 aliphatic heterocycles. The number of amides is 1. The maximum absolute atomic E-state index is 13.9. The van der Waals surface area contributed by atoms with Crippen molar-refractivity contribution in [3.63, 3.8) is 0 Å². The first-order valence-electron chi connectivity index (χ1n) is 10.9. The lowest BCUT2D eigenvalue weighted by Gasteiger charge is -2.15. The number of carbonyl (C=O) groups is 1. The first kappa shape index (κ1) is 25.9. The number of benzene rings is 3. The van der Waals surface area contributed by atoms with E-state index in [2.05, 4.69) is 5.32 Å².